The molecule has 2 nitrogen and oxygen atoms in total. The van der Waals surface area contributed by atoms with Crippen LogP contribution in [0, 0.1) is 0 Å². The van der Waals surface area contributed by atoms with Crippen molar-refractivity contribution < 1.29 is 9.53 Å². The number of alkyl halides is 1. The molecule has 0 bridgehead atoms. The van der Waals surface area contributed by atoms with E-state index in [1.54, 1.807) is 0 Å². The third kappa shape index (κ3) is 3.24. The molecule has 1 aliphatic rings. The summed E-state index contributed by atoms with van der Waals surface area (Å²) in [6, 6.07) is 7.42. The molecular formula is C13H15ClO2. The molecule has 0 N–H and O–H groups in total. The van der Waals surface area contributed by atoms with Crippen LogP contribution >= 0.6 is 11.6 Å². The van der Waals surface area contributed by atoms with Crippen molar-refractivity contribution in [1.29, 1.82) is 0 Å². The van der Waals surface area contributed by atoms with E-state index in [-0.39, 0.29) is 5.78 Å². The monoisotopic (exact) mass is 238 g/mol. The standard InChI is InChI=1S/C13H15ClO2/c14-8-2-5-13(15)10-3-1-4-12(9-10)16-11-6-7-11/h1,3-4,9,11H,2,5-8H2. The number of hydrogen-bond acceptors (Lipinski definition) is 2. The summed E-state index contributed by atoms with van der Waals surface area (Å²) in [6.45, 7) is 0. The molecule has 0 heterocycles. The van der Waals surface area contributed by atoms with Gasteiger partial charge in [-0.15, -0.1) is 11.6 Å². The topological polar surface area (TPSA) is 26.3 Å². The predicted octanol–water partition coefficient (Wildman–Crippen LogP) is 3.43. The minimum atomic E-state index is 0.141. The van der Waals surface area contributed by atoms with Crippen LogP contribution in [0.2, 0.25) is 0 Å². The fourth-order valence-electron chi connectivity index (χ4n) is 1.49. The van der Waals surface area contributed by atoms with Crippen LogP contribution in [0.5, 0.6) is 5.75 Å². The van der Waals surface area contributed by atoms with Crippen LogP contribution in [0.25, 0.3) is 0 Å². The molecule has 1 aliphatic carbocycles. The van der Waals surface area contributed by atoms with Crippen molar-refractivity contribution in [3.05, 3.63) is 29.8 Å². The molecule has 1 aromatic rings. The zero-order chi connectivity index (χ0) is 11.4. The third-order valence-electron chi connectivity index (χ3n) is 2.52. The number of carbonyl (C=O) groups excluding carboxylic acids is 1. The SMILES string of the molecule is O=C(CCCCl)c1cccc(OC2CC2)c1. The van der Waals surface area contributed by atoms with E-state index in [1.165, 1.54) is 0 Å². The zero-order valence-corrected chi connectivity index (χ0v) is 9.87. The Labute approximate surface area is 101 Å². The number of Topliss-reactive ketones (excluding diaryl/α,β-unsaturated/α-hetero) is 1. The van der Waals surface area contributed by atoms with Crippen molar-refractivity contribution >= 4 is 17.4 Å². The molecule has 3 heteroatoms. The molecule has 0 aliphatic heterocycles. The minimum Gasteiger partial charge on any atom is -0.490 e. The quantitative estimate of drug-likeness (QED) is 0.561. The van der Waals surface area contributed by atoms with E-state index in [0.29, 0.717) is 18.4 Å². The molecule has 0 saturated heterocycles. The van der Waals surface area contributed by atoms with Crippen molar-refractivity contribution in [2.45, 2.75) is 31.8 Å². The lowest BCUT2D eigenvalue weighted by Gasteiger charge is -2.06. The molecular weight excluding hydrogens is 224 g/mol. The Morgan fingerprint density at radius 3 is 2.94 bits per heavy atom. The third-order valence-corrected chi connectivity index (χ3v) is 2.79. The maximum absolute atomic E-state index is 11.7. The highest BCUT2D eigenvalue weighted by molar-refractivity contribution is 6.18. The number of ketones is 1. The van der Waals surface area contributed by atoms with Gasteiger partial charge in [0, 0.05) is 17.9 Å². The van der Waals surface area contributed by atoms with Crippen LogP contribution in [0.15, 0.2) is 24.3 Å². The summed E-state index contributed by atoms with van der Waals surface area (Å²) in [7, 11) is 0. The van der Waals surface area contributed by atoms with Gasteiger partial charge in [0.1, 0.15) is 5.75 Å². The largest absolute Gasteiger partial charge is 0.490 e. The minimum absolute atomic E-state index is 0.141. The van der Waals surface area contributed by atoms with Gasteiger partial charge in [-0.25, -0.2) is 0 Å². The zero-order valence-electron chi connectivity index (χ0n) is 9.12. The van der Waals surface area contributed by atoms with Gasteiger partial charge in [-0.1, -0.05) is 12.1 Å². The fraction of sp³-hybridized carbons (Fsp3) is 0.462. The Kier molecular flexibility index (Phi) is 3.83. The number of halogens is 1. The maximum Gasteiger partial charge on any atom is 0.163 e. The van der Waals surface area contributed by atoms with E-state index in [0.717, 1.165) is 30.6 Å². The van der Waals surface area contributed by atoms with Crippen molar-refractivity contribution in [3.63, 3.8) is 0 Å². The highest BCUT2D eigenvalue weighted by Crippen LogP contribution is 2.27. The summed E-state index contributed by atoms with van der Waals surface area (Å²) < 4.78 is 5.64. The Morgan fingerprint density at radius 2 is 2.25 bits per heavy atom. The van der Waals surface area contributed by atoms with Gasteiger partial charge < -0.3 is 4.74 Å². The number of benzene rings is 1. The number of ether oxygens (including phenoxy) is 1. The first-order valence-corrected chi connectivity index (χ1v) is 6.19. The first kappa shape index (κ1) is 11.5. The van der Waals surface area contributed by atoms with Crippen molar-refractivity contribution in [3.8, 4) is 5.75 Å². The van der Waals surface area contributed by atoms with E-state index in [2.05, 4.69) is 0 Å². The van der Waals surface area contributed by atoms with Crippen molar-refractivity contribution in [1.82, 2.24) is 0 Å². The summed E-state index contributed by atoms with van der Waals surface area (Å²) in [5.41, 5.74) is 0.725. The van der Waals surface area contributed by atoms with Crippen LogP contribution in [0.4, 0.5) is 0 Å². The average Bonchev–Trinajstić information content (AvgIpc) is 3.10. The Bertz CT molecular complexity index is 372. The summed E-state index contributed by atoms with van der Waals surface area (Å²) >= 11 is 5.56. The van der Waals surface area contributed by atoms with Gasteiger partial charge >= 0.3 is 0 Å². The van der Waals surface area contributed by atoms with E-state index in [4.69, 9.17) is 16.3 Å². The molecule has 1 fully saturated rings. The summed E-state index contributed by atoms with van der Waals surface area (Å²) in [6.07, 6.45) is 3.87. The average molecular weight is 239 g/mol. The number of carbonyl (C=O) groups is 1. The second-order valence-electron chi connectivity index (χ2n) is 4.06. The van der Waals surface area contributed by atoms with Gasteiger partial charge in [-0.2, -0.15) is 0 Å². The summed E-state index contributed by atoms with van der Waals surface area (Å²) in [5, 5.41) is 0. The molecule has 0 aromatic heterocycles. The first-order valence-electron chi connectivity index (χ1n) is 5.65. The second-order valence-corrected chi connectivity index (χ2v) is 4.44. The smallest absolute Gasteiger partial charge is 0.163 e. The number of hydrogen-bond donors (Lipinski definition) is 0. The van der Waals surface area contributed by atoms with E-state index < -0.39 is 0 Å². The normalized spacial score (nSPS) is 14.8. The van der Waals surface area contributed by atoms with E-state index in [1.807, 2.05) is 24.3 Å². The maximum atomic E-state index is 11.7. The van der Waals surface area contributed by atoms with Crippen LogP contribution in [-0.2, 0) is 0 Å². The molecule has 2 rings (SSSR count). The molecule has 86 valence electrons. The lowest BCUT2D eigenvalue weighted by molar-refractivity contribution is 0.0981. The second kappa shape index (κ2) is 5.35. The predicted molar refractivity (Wildman–Crippen MR) is 64.4 cm³/mol. The summed E-state index contributed by atoms with van der Waals surface area (Å²) in [4.78, 5) is 11.7. The number of rotatable bonds is 6. The molecule has 0 amide bonds. The Morgan fingerprint density at radius 1 is 1.44 bits per heavy atom. The molecule has 0 unspecified atom stereocenters. The molecule has 0 radical (unpaired) electrons. The van der Waals surface area contributed by atoms with Gasteiger partial charge in [-0.05, 0) is 31.4 Å². The van der Waals surface area contributed by atoms with Gasteiger partial charge in [0.15, 0.2) is 5.78 Å². The van der Waals surface area contributed by atoms with Crippen LogP contribution < -0.4 is 4.74 Å². The highest BCUT2D eigenvalue weighted by atomic mass is 35.5. The lowest BCUT2D eigenvalue weighted by Crippen LogP contribution is -2.01. The van der Waals surface area contributed by atoms with E-state index in [9.17, 15) is 4.79 Å². The molecule has 0 atom stereocenters. The molecule has 16 heavy (non-hydrogen) atoms. The van der Waals surface area contributed by atoms with Gasteiger partial charge in [0.25, 0.3) is 0 Å². The Balaban J connectivity index is 1.99. The van der Waals surface area contributed by atoms with Crippen molar-refractivity contribution in [2.24, 2.45) is 0 Å². The lowest BCUT2D eigenvalue weighted by atomic mass is 10.1. The molecule has 1 saturated carbocycles. The van der Waals surface area contributed by atoms with Crippen LogP contribution in [0.1, 0.15) is 36.0 Å². The van der Waals surface area contributed by atoms with Gasteiger partial charge in [0.2, 0.25) is 0 Å². The fourth-order valence-corrected chi connectivity index (χ4v) is 1.63. The van der Waals surface area contributed by atoms with Crippen molar-refractivity contribution in [2.75, 3.05) is 5.88 Å². The highest BCUT2D eigenvalue weighted by Gasteiger charge is 2.23. The molecule has 1 aromatic carbocycles. The van der Waals surface area contributed by atoms with Gasteiger partial charge in [0.05, 0.1) is 6.10 Å². The van der Waals surface area contributed by atoms with Crippen LogP contribution in [-0.4, -0.2) is 17.8 Å². The van der Waals surface area contributed by atoms with Gasteiger partial charge in [-0.3, -0.25) is 4.79 Å². The Hall–Kier alpha value is -1.02. The molecule has 0 spiro atoms. The summed E-state index contributed by atoms with van der Waals surface area (Å²) in [5.74, 6) is 1.48. The van der Waals surface area contributed by atoms with Crippen LogP contribution in [0.3, 0.4) is 0 Å². The van der Waals surface area contributed by atoms with E-state index >= 15 is 0 Å². The first-order chi connectivity index (χ1) is 7.79.